The lowest BCUT2D eigenvalue weighted by atomic mass is 9.89. The minimum absolute atomic E-state index is 0.453. The molecular formula is C8H14O4. The molecule has 4 heteroatoms. The molecule has 2 N–H and O–H groups in total. The van der Waals surface area contributed by atoms with Gasteiger partial charge in [0.05, 0.1) is 12.0 Å². The molecule has 0 spiro atoms. The molecule has 1 aliphatic heterocycles. The number of aliphatic hydroxyl groups excluding tert-OH is 2. The van der Waals surface area contributed by atoms with E-state index in [1.807, 2.05) is 0 Å². The third-order valence-corrected chi connectivity index (χ3v) is 2.58. The van der Waals surface area contributed by atoms with Crippen LogP contribution in [0.25, 0.3) is 0 Å². The molecule has 0 bridgehead atoms. The Kier molecular flexibility index (Phi) is 2.14. The largest absolute Gasteiger partial charge is 0.454 e. The van der Waals surface area contributed by atoms with Crippen LogP contribution in [0.1, 0.15) is 20.8 Å². The highest BCUT2D eigenvalue weighted by molar-refractivity contribution is 5.76. The maximum atomic E-state index is 11.0. The molecule has 4 atom stereocenters. The van der Waals surface area contributed by atoms with E-state index in [1.165, 1.54) is 13.8 Å². The molecule has 0 aliphatic carbocycles. The Bertz CT molecular complexity index is 201. The van der Waals surface area contributed by atoms with Gasteiger partial charge in [-0.3, -0.25) is 4.79 Å². The molecule has 70 valence electrons. The number of carbonyl (C=O) groups excluding carboxylic acids is 1. The summed E-state index contributed by atoms with van der Waals surface area (Å²) < 4.78 is 4.90. The zero-order valence-corrected chi connectivity index (χ0v) is 7.44. The SMILES string of the molecule is C[C@H]1C(=O)O[C@](C)([C@@H](C)O)[C@@H]1O. The van der Waals surface area contributed by atoms with E-state index in [4.69, 9.17) is 4.74 Å². The van der Waals surface area contributed by atoms with Gasteiger partial charge in [-0.15, -0.1) is 0 Å². The van der Waals surface area contributed by atoms with Crippen LogP contribution in [-0.4, -0.2) is 34.0 Å². The minimum Gasteiger partial charge on any atom is -0.454 e. The Labute approximate surface area is 71.2 Å². The van der Waals surface area contributed by atoms with E-state index in [0.29, 0.717) is 0 Å². The van der Waals surface area contributed by atoms with Crippen molar-refractivity contribution in [2.75, 3.05) is 0 Å². The monoisotopic (exact) mass is 174 g/mol. The topological polar surface area (TPSA) is 66.8 Å². The van der Waals surface area contributed by atoms with Gasteiger partial charge < -0.3 is 14.9 Å². The van der Waals surface area contributed by atoms with Crippen molar-refractivity contribution in [1.82, 2.24) is 0 Å². The Morgan fingerprint density at radius 2 is 2.17 bits per heavy atom. The van der Waals surface area contributed by atoms with Crippen LogP contribution >= 0.6 is 0 Å². The predicted octanol–water partition coefficient (Wildman–Crippen LogP) is -0.320. The van der Waals surface area contributed by atoms with E-state index in [0.717, 1.165) is 0 Å². The lowest BCUT2D eigenvalue weighted by Crippen LogP contribution is -2.47. The summed E-state index contributed by atoms with van der Waals surface area (Å²) in [4.78, 5) is 11.0. The van der Waals surface area contributed by atoms with Gasteiger partial charge in [-0.1, -0.05) is 0 Å². The molecule has 1 heterocycles. The number of hydrogen-bond acceptors (Lipinski definition) is 4. The molecule has 0 aromatic rings. The van der Waals surface area contributed by atoms with Gasteiger partial charge in [-0.2, -0.15) is 0 Å². The number of esters is 1. The summed E-state index contributed by atoms with van der Waals surface area (Å²) in [5, 5.41) is 18.8. The van der Waals surface area contributed by atoms with Crippen molar-refractivity contribution in [2.45, 2.75) is 38.6 Å². The molecule has 1 saturated heterocycles. The van der Waals surface area contributed by atoms with Gasteiger partial charge in [-0.05, 0) is 20.8 Å². The highest BCUT2D eigenvalue weighted by atomic mass is 16.6. The van der Waals surface area contributed by atoms with E-state index >= 15 is 0 Å². The van der Waals surface area contributed by atoms with Gasteiger partial charge in [0.1, 0.15) is 6.10 Å². The van der Waals surface area contributed by atoms with Crippen molar-refractivity contribution in [1.29, 1.82) is 0 Å². The number of rotatable bonds is 1. The van der Waals surface area contributed by atoms with Gasteiger partial charge in [0.2, 0.25) is 0 Å². The summed E-state index contributed by atoms with van der Waals surface area (Å²) in [5.74, 6) is -1.00. The normalized spacial score (nSPS) is 44.2. The second kappa shape index (κ2) is 2.71. The smallest absolute Gasteiger partial charge is 0.312 e. The maximum Gasteiger partial charge on any atom is 0.312 e. The molecule has 12 heavy (non-hydrogen) atoms. The number of carbonyl (C=O) groups is 1. The van der Waals surface area contributed by atoms with Gasteiger partial charge in [0.15, 0.2) is 5.60 Å². The lowest BCUT2D eigenvalue weighted by molar-refractivity contribution is -0.161. The Balaban J connectivity index is 2.89. The van der Waals surface area contributed by atoms with Gasteiger partial charge >= 0.3 is 5.97 Å². The van der Waals surface area contributed by atoms with Crippen LogP contribution in [0.15, 0.2) is 0 Å². The third kappa shape index (κ3) is 1.11. The van der Waals surface area contributed by atoms with E-state index in [1.54, 1.807) is 6.92 Å². The standard InChI is InChI=1S/C8H14O4/c1-4-6(10)8(3,5(2)9)12-7(4)11/h4-6,9-10H,1-3H3/t4-,5-,6-,8-/m1/s1. The van der Waals surface area contributed by atoms with Crippen molar-refractivity contribution in [3.63, 3.8) is 0 Å². The molecule has 0 aromatic heterocycles. The molecule has 0 radical (unpaired) electrons. The van der Waals surface area contributed by atoms with Crippen LogP contribution in [0, 0.1) is 5.92 Å². The summed E-state index contributed by atoms with van der Waals surface area (Å²) in [6.07, 6.45) is -1.79. The van der Waals surface area contributed by atoms with E-state index < -0.39 is 29.7 Å². The van der Waals surface area contributed by atoms with Crippen LogP contribution in [0.2, 0.25) is 0 Å². The van der Waals surface area contributed by atoms with Crippen LogP contribution in [-0.2, 0) is 9.53 Å². The molecule has 1 aliphatic rings. The van der Waals surface area contributed by atoms with E-state index in [9.17, 15) is 15.0 Å². The van der Waals surface area contributed by atoms with Crippen molar-refractivity contribution in [2.24, 2.45) is 5.92 Å². The fraction of sp³-hybridized carbons (Fsp3) is 0.875. The van der Waals surface area contributed by atoms with Crippen LogP contribution in [0.4, 0.5) is 0 Å². The molecule has 4 nitrogen and oxygen atoms in total. The number of aliphatic hydroxyl groups is 2. The second-order valence-corrected chi connectivity index (χ2v) is 3.51. The highest BCUT2D eigenvalue weighted by Gasteiger charge is 2.52. The summed E-state index contributed by atoms with van der Waals surface area (Å²) >= 11 is 0. The zero-order valence-electron chi connectivity index (χ0n) is 7.44. The first-order valence-electron chi connectivity index (χ1n) is 3.98. The minimum atomic E-state index is -1.14. The Morgan fingerprint density at radius 1 is 1.67 bits per heavy atom. The summed E-state index contributed by atoms with van der Waals surface area (Å²) in [6.45, 7) is 4.61. The fourth-order valence-electron chi connectivity index (χ4n) is 1.33. The average Bonchev–Trinajstić information content (AvgIpc) is 2.17. The van der Waals surface area contributed by atoms with Gasteiger partial charge in [0.25, 0.3) is 0 Å². The maximum absolute atomic E-state index is 11.0. The van der Waals surface area contributed by atoms with E-state index in [-0.39, 0.29) is 0 Å². The quantitative estimate of drug-likeness (QED) is 0.535. The first kappa shape index (κ1) is 9.48. The Morgan fingerprint density at radius 3 is 2.33 bits per heavy atom. The molecule has 0 saturated carbocycles. The zero-order chi connectivity index (χ0) is 9.52. The van der Waals surface area contributed by atoms with Crippen molar-refractivity contribution in [3.8, 4) is 0 Å². The Hall–Kier alpha value is -0.610. The summed E-state index contributed by atoms with van der Waals surface area (Å²) in [5.41, 5.74) is -1.14. The second-order valence-electron chi connectivity index (χ2n) is 3.51. The van der Waals surface area contributed by atoms with Crippen molar-refractivity contribution < 1.29 is 19.7 Å². The highest BCUT2D eigenvalue weighted by Crippen LogP contribution is 2.33. The predicted molar refractivity (Wildman–Crippen MR) is 41.3 cm³/mol. The summed E-state index contributed by atoms with van der Waals surface area (Å²) in [7, 11) is 0. The van der Waals surface area contributed by atoms with Gasteiger partial charge in [0, 0.05) is 0 Å². The van der Waals surface area contributed by atoms with E-state index in [2.05, 4.69) is 0 Å². The third-order valence-electron chi connectivity index (χ3n) is 2.58. The van der Waals surface area contributed by atoms with Crippen LogP contribution in [0.5, 0.6) is 0 Å². The fourth-order valence-corrected chi connectivity index (χ4v) is 1.33. The van der Waals surface area contributed by atoms with Crippen LogP contribution in [0.3, 0.4) is 0 Å². The number of cyclic esters (lactones) is 1. The molecule has 0 amide bonds. The number of hydrogen-bond donors (Lipinski definition) is 2. The molecule has 0 unspecified atom stereocenters. The van der Waals surface area contributed by atoms with Crippen molar-refractivity contribution >= 4 is 5.97 Å². The lowest BCUT2D eigenvalue weighted by Gasteiger charge is -2.29. The number of ether oxygens (including phenoxy) is 1. The van der Waals surface area contributed by atoms with Crippen LogP contribution < -0.4 is 0 Å². The molecule has 1 rings (SSSR count). The average molecular weight is 174 g/mol. The first-order valence-corrected chi connectivity index (χ1v) is 3.98. The molecule has 1 fully saturated rings. The first-order chi connectivity index (χ1) is 5.39. The van der Waals surface area contributed by atoms with Crippen molar-refractivity contribution in [3.05, 3.63) is 0 Å². The summed E-state index contributed by atoms with van der Waals surface area (Å²) in [6, 6.07) is 0. The van der Waals surface area contributed by atoms with Gasteiger partial charge in [-0.25, -0.2) is 0 Å². The molecular weight excluding hydrogens is 160 g/mol. The molecule has 0 aromatic carbocycles.